The first kappa shape index (κ1) is 38.2. The Bertz CT molecular complexity index is 312. The first-order valence-electron chi connectivity index (χ1n) is 5.16. The molecule has 0 amide bonds. The van der Waals surface area contributed by atoms with Gasteiger partial charge in [0.2, 0.25) is 12.0 Å². The molecular formula is C10H22Cu2N6O6. The van der Waals surface area contributed by atoms with Crippen molar-refractivity contribution in [2.45, 2.75) is 0 Å². The van der Waals surface area contributed by atoms with Crippen molar-refractivity contribution in [1.29, 1.82) is 10.8 Å². The number of hydrogen-bond donors (Lipinski definition) is 2. The topological polar surface area (TPSA) is 203 Å². The van der Waals surface area contributed by atoms with Gasteiger partial charge >= 0.3 is 34.1 Å². The zero-order valence-electron chi connectivity index (χ0n) is 13.9. The van der Waals surface area contributed by atoms with Crippen LogP contribution in [-0.4, -0.2) is 66.7 Å². The minimum atomic E-state index is -0.332. The molecule has 0 aliphatic heterocycles. The molecule has 0 saturated heterocycles. The predicted molar refractivity (Wildman–Crippen MR) is 78.9 cm³/mol. The van der Waals surface area contributed by atoms with Gasteiger partial charge in [-0.25, -0.2) is 0 Å². The van der Waals surface area contributed by atoms with Crippen LogP contribution in [0, 0.1) is 10.8 Å². The maximum absolute atomic E-state index is 8.25. The molecule has 24 heavy (non-hydrogen) atoms. The summed E-state index contributed by atoms with van der Waals surface area (Å²) < 4.78 is 17.3. The second-order valence-electron chi connectivity index (χ2n) is 2.26. The van der Waals surface area contributed by atoms with Gasteiger partial charge in [0, 0.05) is 0 Å². The van der Waals surface area contributed by atoms with Crippen molar-refractivity contribution in [1.82, 2.24) is 0 Å². The summed E-state index contributed by atoms with van der Waals surface area (Å²) in [6.07, 6.45) is 0. The van der Waals surface area contributed by atoms with Gasteiger partial charge in [-0.15, -0.1) is 0 Å². The number of aliphatic imine (C=N–C) groups is 2. The van der Waals surface area contributed by atoms with Crippen LogP contribution in [0.1, 0.15) is 0 Å². The molecule has 0 unspecified atom stereocenters. The molecule has 2 radical (unpaired) electrons. The fourth-order valence-corrected chi connectivity index (χ4v) is 0.367. The molecule has 0 heterocycles. The molecule has 0 aliphatic carbocycles. The summed E-state index contributed by atoms with van der Waals surface area (Å²) in [4.78, 5) is 6.47. The Kier molecular flexibility index (Phi) is 52.7. The standard InChI is InChI=1S/2C4H8N3O2.2CH3O.2Cu/c2*1-8-3(5)7-4(6)9-2;2*1-2;;/h2*1-2H3,(H2-,5,6,7);2*1H3;;/q4*-1;2*+2. The SMILES string of the molecule is COC(=N)/N=C(\[NH-])OC.COC(=N)/N=C(\[NH-])OC.C[O-].C[O-].[Cu+2].[Cu+2]. The number of rotatable bonds is 0. The van der Waals surface area contributed by atoms with E-state index in [1.54, 1.807) is 0 Å². The van der Waals surface area contributed by atoms with Gasteiger partial charge in [-0.05, 0) is 0 Å². The van der Waals surface area contributed by atoms with Gasteiger partial charge in [0.25, 0.3) is 0 Å². The number of methoxy groups -OCH3 is 4. The van der Waals surface area contributed by atoms with Crippen molar-refractivity contribution >= 4 is 24.1 Å². The summed E-state index contributed by atoms with van der Waals surface area (Å²) in [5.74, 6) is 0. The molecular weight excluding hydrogens is 427 g/mol. The monoisotopic (exact) mass is 448 g/mol. The third-order valence-corrected chi connectivity index (χ3v) is 1.18. The Morgan fingerprint density at radius 1 is 0.667 bits per heavy atom. The zero-order chi connectivity index (χ0) is 18.6. The van der Waals surface area contributed by atoms with E-state index in [0.717, 1.165) is 14.2 Å². The molecule has 0 atom stereocenters. The van der Waals surface area contributed by atoms with Crippen molar-refractivity contribution in [3.63, 3.8) is 0 Å². The van der Waals surface area contributed by atoms with Crippen LogP contribution < -0.4 is 10.2 Å². The van der Waals surface area contributed by atoms with E-state index in [4.69, 9.17) is 32.5 Å². The maximum Gasteiger partial charge on any atom is 2.00 e. The van der Waals surface area contributed by atoms with E-state index in [9.17, 15) is 0 Å². The smallest absolute Gasteiger partial charge is 0.857 e. The average molecular weight is 449 g/mol. The Labute approximate surface area is 162 Å². The van der Waals surface area contributed by atoms with Crippen LogP contribution >= 0.6 is 0 Å². The third-order valence-electron chi connectivity index (χ3n) is 1.18. The van der Waals surface area contributed by atoms with Crippen molar-refractivity contribution in [2.75, 3.05) is 42.7 Å². The predicted octanol–water partition coefficient (Wildman–Crippen LogP) is -0.808. The van der Waals surface area contributed by atoms with Gasteiger partial charge in [0.1, 0.15) is 0 Å². The van der Waals surface area contributed by atoms with Crippen molar-refractivity contribution < 1.29 is 63.3 Å². The summed E-state index contributed by atoms with van der Waals surface area (Å²) in [7, 11) is 6.70. The molecule has 0 fully saturated rings. The van der Waals surface area contributed by atoms with E-state index >= 15 is 0 Å². The molecule has 12 nitrogen and oxygen atoms in total. The molecule has 4 N–H and O–H groups in total. The summed E-state index contributed by atoms with van der Waals surface area (Å²) in [6.45, 7) is 0. The van der Waals surface area contributed by atoms with Crippen LogP contribution in [-0.2, 0) is 53.1 Å². The molecule has 150 valence electrons. The fourth-order valence-electron chi connectivity index (χ4n) is 0.367. The van der Waals surface area contributed by atoms with Crippen LogP contribution in [0.3, 0.4) is 0 Å². The molecule has 0 aromatic carbocycles. The van der Waals surface area contributed by atoms with Crippen LogP contribution in [0.25, 0.3) is 11.5 Å². The largest absolute Gasteiger partial charge is 2.00 e. The number of hydrogen-bond acceptors (Lipinski definition) is 8. The van der Waals surface area contributed by atoms with E-state index in [1.807, 2.05) is 0 Å². The second-order valence-corrected chi connectivity index (χ2v) is 2.26. The quantitative estimate of drug-likeness (QED) is 0.275. The van der Waals surface area contributed by atoms with Crippen molar-refractivity contribution in [3.05, 3.63) is 11.5 Å². The van der Waals surface area contributed by atoms with Gasteiger partial charge in [0.05, 0.1) is 40.5 Å². The Morgan fingerprint density at radius 2 is 0.875 bits per heavy atom. The van der Waals surface area contributed by atoms with Crippen LogP contribution in [0.2, 0.25) is 0 Å². The Morgan fingerprint density at radius 3 is 1.00 bits per heavy atom. The van der Waals surface area contributed by atoms with Gasteiger partial charge in [-0.2, -0.15) is 14.2 Å². The number of amidine groups is 4. The molecule has 0 aliphatic rings. The molecule has 14 heteroatoms. The molecule has 0 aromatic rings. The Hall–Kier alpha value is -1.56. The van der Waals surface area contributed by atoms with E-state index in [1.165, 1.54) is 28.4 Å². The molecule has 0 aromatic heterocycles. The zero-order valence-corrected chi connectivity index (χ0v) is 15.8. The van der Waals surface area contributed by atoms with Crippen LogP contribution in [0.5, 0.6) is 0 Å². The average Bonchev–Trinajstić information content (AvgIpc) is 2.58. The maximum atomic E-state index is 8.25. The van der Waals surface area contributed by atoms with E-state index in [2.05, 4.69) is 28.9 Å². The van der Waals surface area contributed by atoms with E-state index in [0.29, 0.717) is 0 Å². The first-order valence-corrected chi connectivity index (χ1v) is 5.16. The van der Waals surface area contributed by atoms with E-state index in [-0.39, 0.29) is 58.2 Å². The van der Waals surface area contributed by atoms with Gasteiger partial charge in [-0.1, -0.05) is 0 Å². The minimum Gasteiger partial charge on any atom is -0.857 e. The molecule has 0 saturated carbocycles. The first-order chi connectivity index (χ1) is 10.4. The van der Waals surface area contributed by atoms with Crippen LogP contribution in [0.15, 0.2) is 9.98 Å². The van der Waals surface area contributed by atoms with Crippen molar-refractivity contribution in [2.24, 2.45) is 9.98 Å². The minimum absolute atomic E-state index is 0. The van der Waals surface area contributed by atoms with Gasteiger partial charge in [0.15, 0.2) is 0 Å². The van der Waals surface area contributed by atoms with Crippen molar-refractivity contribution in [3.8, 4) is 0 Å². The number of nitrogens with zero attached hydrogens (tertiary/aromatic N) is 2. The fraction of sp³-hybridized carbons (Fsp3) is 0.600. The Balaban J connectivity index is -0.0000000521. The third kappa shape index (κ3) is 37.0. The molecule has 0 bridgehead atoms. The number of nitrogens with one attached hydrogen (secondary N) is 4. The summed E-state index contributed by atoms with van der Waals surface area (Å²) in [5, 5.41) is 30.0. The number of ether oxygens (including phenoxy) is 4. The summed E-state index contributed by atoms with van der Waals surface area (Å²) in [6, 6.07) is -1.33. The second kappa shape index (κ2) is 33.1. The van der Waals surface area contributed by atoms with Gasteiger partial charge < -0.3 is 50.6 Å². The van der Waals surface area contributed by atoms with E-state index < -0.39 is 0 Å². The summed E-state index contributed by atoms with van der Waals surface area (Å²) in [5.41, 5.74) is 13.5. The normalized spacial score (nSPS) is 8.50. The molecule has 0 rings (SSSR count). The van der Waals surface area contributed by atoms with Gasteiger partial charge in [-0.3, -0.25) is 10.8 Å². The molecule has 0 spiro atoms. The summed E-state index contributed by atoms with van der Waals surface area (Å²) >= 11 is 0. The van der Waals surface area contributed by atoms with Crippen LogP contribution in [0.4, 0.5) is 0 Å².